The molecule has 0 aliphatic carbocycles. The van der Waals surface area contributed by atoms with E-state index in [4.69, 9.17) is 5.11 Å². The molecule has 0 saturated heterocycles. The summed E-state index contributed by atoms with van der Waals surface area (Å²) in [6.07, 6.45) is 0. The van der Waals surface area contributed by atoms with Crippen LogP contribution in [0, 0.1) is 13.8 Å². The van der Waals surface area contributed by atoms with E-state index in [1.165, 1.54) is 16.7 Å². The second-order valence-corrected chi connectivity index (χ2v) is 4.34. The second-order valence-electron chi connectivity index (χ2n) is 3.49. The topological polar surface area (TPSA) is 20.2 Å². The third-order valence-electron chi connectivity index (χ3n) is 2.43. The van der Waals surface area contributed by atoms with Crippen molar-refractivity contribution in [3.63, 3.8) is 0 Å². The minimum Gasteiger partial charge on any atom is -0.396 e. The Bertz CT molecular complexity index is 307. The van der Waals surface area contributed by atoms with Crippen molar-refractivity contribution in [1.82, 2.24) is 0 Å². The van der Waals surface area contributed by atoms with Crippen molar-refractivity contribution in [2.75, 3.05) is 6.61 Å². The molecule has 0 saturated carbocycles. The summed E-state index contributed by atoms with van der Waals surface area (Å²) in [6.45, 7) is 6.42. The van der Waals surface area contributed by atoms with Gasteiger partial charge in [-0.1, -0.05) is 28.9 Å². The summed E-state index contributed by atoms with van der Waals surface area (Å²) in [5.41, 5.74) is 3.75. The van der Waals surface area contributed by atoms with Crippen molar-refractivity contribution in [2.24, 2.45) is 0 Å². The highest BCUT2D eigenvalue weighted by atomic mass is 79.9. The lowest BCUT2D eigenvalue weighted by molar-refractivity contribution is 0.272. The monoisotopic (exact) mass is 242 g/mol. The van der Waals surface area contributed by atoms with E-state index < -0.39 is 0 Å². The van der Waals surface area contributed by atoms with Gasteiger partial charge in [0.25, 0.3) is 0 Å². The molecule has 1 atom stereocenters. The zero-order chi connectivity index (χ0) is 10.0. The van der Waals surface area contributed by atoms with Gasteiger partial charge in [0.15, 0.2) is 0 Å². The first kappa shape index (κ1) is 10.7. The van der Waals surface area contributed by atoms with E-state index in [9.17, 15) is 0 Å². The maximum Gasteiger partial charge on any atom is 0.0497 e. The van der Waals surface area contributed by atoms with Crippen LogP contribution in [0.1, 0.15) is 29.5 Å². The Morgan fingerprint density at radius 2 is 2.00 bits per heavy atom. The van der Waals surface area contributed by atoms with E-state index in [1.807, 2.05) is 6.92 Å². The molecule has 1 N–H and O–H groups in total. The predicted octanol–water partition coefficient (Wildman–Crippen LogP) is 3.16. The lowest BCUT2D eigenvalue weighted by Crippen LogP contribution is -2.04. The van der Waals surface area contributed by atoms with E-state index in [0.717, 1.165) is 4.47 Å². The van der Waals surface area contributed by atoms with Crippen LogP contribution in [-0.4, -0.2) is 11.7 Å². The summed E-state index contributed by atoms with van der Waals surface area (Å²) < 4.78 is 1.12. The van der Waals surface area contributed by atoms with Crippen molar-refractivity contribution < 1.29 is 5.11 Å². The fourth-order valence-corrected chi connectivity index (χ4v) is 2.03. The molecular formula is C11H15BrO. The molecule has 0 bridgehead atoms. The van der Waals surface area contributed by atoms with E-state index in [-0.39, 0.29) is 12.5 Å². The maximum absolute atomic E-state index is 9.11. The zero-order valence-electron chi connectivity index (χ0n) is 8.26. The molecule has 0 spiro atoms. The van der Waals surface area contributed by atoms with E-state index in [2.05, 4.69) is 41.9 Å². The lowest BCUT2D eigenvalue weighted by Gasteiger charge is -2.16. The van der Waals surface area contributed by atoms with Crippen LogP contribution in [0.2, 0.25) is 0 Å². The fourth-order valence-electron chi connectivity index (χ4n) is 1.69. The smallest absolute Gasteiger partial charge is 0.0497 e. The Balaban J connectivity index is 3.25. The first-order valence-corrected chi connectivity index (χ1v) is 5.23. The van der Waals surface area contributed by atoms with Crippen LogP contribution in [0.25, 0.3) is 0 Å². The summed E-state index contributed by atoms with van der Waals surface area (Å²) >= 11 is 3.50. The number of halogens is 1. The van der Waals surface area contributed by atoms with Gasteiger partial charge < -0.3 is 5.11 Å². The van der Waals surface area contributed by atoms with Gasteiger partial charge in [0, 0.05) is 17.0 Å². The molecule has 13 heavy (non-hydrogen) atoms. The Kier molecular flexibility index (Phi) is 3.51. The molecule has 0 aliphatic heterocycles. The van der Waals surface area contributed by atoms with Gasteiger partial charge in [0.05, 0.1) is 0 Å². The number of aliphatic hydroxyl groups is 1. The number of benzene rings is 1. The molecule has 1 aromatic carbocycles. The Hall–Kier alpha value is -0.340. The van der Waals surface area contributed by atoms with Crippen molar-refractivity contribution >= 4 is 15.9 Å². The van der Waals surface area contributed by atoms with Crippen LogP contribution in [-0.2, 0) is 0 Å². The summed E-state index contributed by atoms with van der Waals surface area (Å²) in [5, 5.41) is 9.11. The first-order valence-electron chi connectivity index (χ1n) is 4.44. The van der Waals surface area contributed by atoms with Gasteiger partial charge in [-0.3, -0.25) is 0 Å². The SMILES string of the molecule is Cc1ccc(Br)c(C)c1C(C)CO. The van der Waals surface area contributed by atoms with Crippen molar-refractivity contribution in [3.8, 4) is 0 Å². The van der Waals surface area contributed by atoms with Gasteiger partial charge in [-0.05, 0) is 36.6 Å². The molecule has 0 amide bonds. The third-order valence-corrected chi connectivity index (χ3v) is 3.29. The molecule has 72 valence electrons. The molecule has 1 nitrogen and oxygen atoms in total. The maximum atomic E-state index is 9.11. The minimum atomic E-state index is 0.206. The molecule has 0 radical (unpaired) electrons. The number of hydrogen-bond donors (Lipinski definition) is 1. The highest BCUT2D eigenvalue weighted by Gasteiger charge is 2.11. The quantitative estimate of drug-likeness (QED) is 0.845. The molecule has 0 heterocycles. The van der Waals surface area contributed by atoms with Gasteiger partial charge in [-0.15, -0.1) is 0 Å². The predicted molar refractivity (Wildman–Crippen MR) is 59.1 cm³/mol. The molecule has 0 aliphatic rings. The summed E-state index contributed by atoms with van der Waals surface area (Å²) in [5.74, 6) is 0.220. The number of hydrogen-bond acceptors (Lipinski definition) is 1. The lowest BCUT2D eigenvalue weighted by atomic mass is 9.93. The van der Waals surface area contributed by atoms with Crippen molar-refractivity contribution in [1.29, 1.82) is 0 Å². The van der Waals surface area contributed by atoms with Gasteiger partial charge in [0.1, 0.15) is 0 Å². The molecule has 0 aromatic heterocycles. The average Bonchev–Trinajstić information content (AvgIpc) is 2.12. The molecular weight excluding hydrogens is 228 g/mol. The molecule has 1 unspecified atom stereocenters. The largest absolute Gasteiger partial charge is 0.396 e. The van der Waals surface area contributed by atoms with Crippen molar-refractivity contribution in [3.05, 3.63) is 33.3 Å². The van der Waals surface area contributed by atoms with E-state index in [1.54, 1.807) is 0 Å². The first-order chi connectivity index (χ1) is 6.07. The van der Waals surface area contributed by atoms with Crippen LogP contribution in [0.4, 0.5) is 0 Å². The molecule has 1 rings (SSSR count). The molecule has 2 heteroatoms. The van der Waals surface area contributed by atoms with Crippen LogP contribution in [0.3, 0.4) is 0 Å². The Morgan fingerprint density at radius 3 is 2.54 bits per heavy atom. The number of rotatable bonds is 2. The van der Waals surface area contributed by atoms with Crippen LogP contribution in [0.5, 0.6) is 0 Å². The Labute approximate surface area is 87.9 Å². The minimum absolute atomic E-state index is 0.206. The van der Waals surface area contributed by atoms with E-state index in [0.29, 0.717) is 0 Å². The normalized spacial score (nSPS) is 13.0. The standard InChI is InChI=1S/C11H15BrO/c1-7-4-5-10(12)9(3)11(7)8(2)6-13/h4-5,8,13H,6H2,1-3H3. The van der Waals surface area contributed by atoms with Gasteiger partial charge >= 0.3 is 0 Å². The zero-order valence-corrected chi connectivity index (χ0v) is 9.85. The fraction of sp³-hybridized carbons (Fsp3) is 0.455. The number of aliphatic hydroxyl groups excluding tert-OH is 1. The van der Waals surface area contributed by atoms with Crippen molar-refractivity contribution in [2.45, 2.75) is 26.7 Å². The number of aryl methyl sites for hydroxylation is 1. The van der Waals surface area contributed by atoms with E-state index >= 15 is 0 Å². The van der Waals surface area contributed by atoms with Gasteiger partial charge in [-0.25, -0.2) is 0 Å². The van der Waals surface area contributed by atoms with Crippen LogP contribution < -0.4 is 0 Å². The summed E-state index contributed by atoms with van der Waals surface area (Å²) in [7, 11) is 0. The summed E-state index contributed by atoms with van der Waals surface area (Å²) in [4.78, 5) is 0. The molecule has 1 aromatic rings. The highest BCUT2D eigenvalue weighted by Crippen LogP contribution is 2.28. The average molecular weight is 243 g/mol. The van der Waals surface area contributed by atoms with Gasteiger partial charge in [-0.2, -0.15) is 0 Å². The highest BCUT2D eigenvalue weighted by molar-refractivity contribution is 9.10. The third kappa shape index (κ3) is 2.12. The van der Waals surface area contributed by atoms with Gasteiger partial charge in [0.2, 0.25) is 0 Å². The van der Waals surface area contributed by atoms with Crippen LogP contribution >= 0.6 is 15.9 Å². The Morgan fingerprint density at radius 1 is 1.38 bits per heavy atom. The summed E-state index contributed by atoms with van der Waals surface area (Å²) in [6, 6.07) is 4.14. The molecule has 0 fully saturated rings. The second kappa shape index (κ2) is 4.25. The van der Waals surface area contributed by atoms with Crippen LogP contribution in [0.15, 0.2) is 16.6 Å².